The zero-order valence-electron chi connectivity index (χ0n) is 15.8. The third kappa shape index (κ3) is 4.59. The summed E-state index contributed by atoms with van der Waals surface area (Å²) in [5, 5.41) is 0.360. The molecule has 3 rings (SSSR count). The summed E-state index contributed by atoms with van der Waals surface area (Å²) in [6.45, 7) is 6.09. The lowest BCUT2D eigenvalue weighted by atomic mass is 10.2. The third-order valence-corrected chi connectivity index (χ3v) is 4.86. The highest BCUT2D eigenvalue weighted by atomic mass is 32.2. The SMILES string of the molecule is CCN1C(=O)/C(=C\c2cccc(OC(C)C)c2)SC1=Nc1ccc(F)cc1F. The van der Waals surface area contributed by atoms with Crippen LogP contribution in [0.4, 0.5) is 14.5 Å². The van der Waals surface area contributed by atoms with Crippen LogP contribution in [0.5, 0.6) is 5.75 Å². The first kappa shape index (κ1) is 20.1. The van der Waals surface area contributed by atoms with Gasteiger partial charge in [0.25, 0.3) is 5.91 Å². The van der Waals surface area contributed by atoms with Gasteiger partial charge >= 0.3 is 0 Å². The number of nitrogens with zero attached hydrogens (tertiary/aromatic N) is 2. The summed E-state index contributed by atoms with van der Waals surface area (Å²) in [5.41, 5.74) is 0.808. The second-order valence-electron chi connectivity index (χ2n) is 6.39. The van der Waals surface area contributed by atoms with E-state index in [0.29, 0.717) is 16.6 Å². The number of halogens is 2. The molecule has 0 aromatic heterocycles. The molecule has 0 N–H and O–H groups in total. The van der Waals surface area contributed by atoms with E-state index in [9.17, 15) is 13.6 Å². The molecule has 2 aromatic carbocycles. The Hall–Kier alpha value is -2.67. The first-order chi connectivity index (χ1) is 13.4. The number of benzene rings is 2. The summed E-state index contributed by atoms with van der Waals surface area (Å²) in [5.74, 6) is -0.932. The maximum absolute atomic E-state index is 13.9. The Kier molecular flexibility index (Phi) is 6.14. The van der Waals surface area contributed by atoms with Crippen LogP contribution in [0, 0.1) is 11.6 Å². The number of hydrogen-bond donors (Lipinski definition) is 0. The highest BCUT2D eigenvalue weighted by Gasteiger charge is 2.32. The summed E-state index contributed by atoms with van der Waals surface area (Å²) >= 11 is 1.16. The number of rotatable bonds is 5. The van der Waals surface area contributed by atoms with Crippen molar-refractivity contribution in [1.29, 1.82) is 0 Å². The molecule has 1 aliphatic rings. The monoisotopic (exact) mass is 402 g/mol. The van der Waals surface area contributed by atoms with Gasteiger partial charge in [-0.25, -0.2) is 13.8 Å². The van der Waals surface area contributed by atoms with Gasteiger partial charge in [-0.3, -0.25) is 9.69 Å². The zero-order chi connectivity index (χ0) is 20.3. The molecule has 0 spiro atoms. The molecular formula is C21H20F2N2O2S. The summed E-state index contributed by atoms with van der Waals surface area (Å²) in [6, 6.07) is 10.6. The molecule has 0 saturated carbocycles. The molecule has 1 saturated heterocycles. The summed E-state index contributed by atoms with van der Waals surface area (Å²) < 4.78 is 32.7. The summed E-state index contributed by atoms with van der Waals surface area (Å²) in [7, 11) is 0. The van der Waals surface area contributed by atoms with Crippen molar-refractivity contribution in [2.75, 3.05) is 6.54 Å². The van der Waals surface area contributed by atoms with Crippen LogP contribution in [0.25, 0.3) is 6.08 Å². The Balaban J connectivity index is 1.91. The number of amidine groups is 1. The molecule has 28 heavy (non-hydrogen) atoms. The molecule has 4 nitrogen and oxygen atoms in total. The maximum atomic E-state index is 13.9. The van der Waals surface area contributed by atoms with Crippen molar-refractivity contribution in [3.05, 3.63) is 64.6 Å². The number of aliphatic imine (C=N–C) groups is 1. The van der Waals surface area contributed by atoms with Crippen LogP contribution >= 0.6 is 11.8 Å². The van der Waals surface area contributed by atoms with E-state index in [0.717, 1.165) is 35.2 Å². The minimum atomic E-state index is -0.771. The highest BCUT2D eigenvalue weighted by Crippen LogP contribution is 2.35. The number of hydrogen-bond acceptors (Lipinski definition) is 4. The van der Waals surface area contributed by atoms with Gasteiger partial charge in [-0.1, -0.05) is 12.1 Å². The van der Waals surface area contributed by atoms with Gasteiger partial charge in [0.1, 0.15) is 17.3 Å². The second kappa shape index (κ2) is 8.56. The van der Waals surface area contributed by atoms with E-state index in [1.54, 1.807) is 6.08 Å². The average molecular weight is 402 g/mol. The minimum absolute atomic E-state index is 0.0104. The highest BCUT2D eigenvalue weighted by molar-refractivity contribution is 8.18. The maximum Gasteiger partial charge on any atom is 0.266 e. The van der Waals surface area contributed by atoms with E-state index in [1.807, 2.05) is 45.0 Å². The molecule has 0 unspecified atom stereocenters. The Morgan fingerprint density at radius 2 is 2.00 bits per heavy atom. The Morgan fingerprint density at radius 3 is 2.68 bits per heavy atom. The first-order valence-corrected chi connectivity index (χ1v) is 9.71. The van der Waals surface area contributed by atoms with Crippen LogP contribution in [-0.2, 0) is 4.79 Å². The number of carbonyl (C=O) groups is 1. The van der Waals surface area contributed by atoms with Crippen LogP contribution in [-0.4, -0.2) is 28.6 Å². The number of likely N-dealkylation sites (N-methyl/N-ethyl adjacent to an activating group) is 1. The first-order valence-electron chi connectivity index (χ1n) is 8.89. The van der Waals surface area contributed by atoms with Crippen molar-refractivity contribution in [3.8, 4) is 5.75 Å². The van der Waals surface area contributed by atoms with Crippen LogP contribution in [0.3, 0.4) is 0 Å². The van der Waals surface area contributed by atoms with Gasteiger partial charge in [0.05, 0.1) is 11.0 Å². The van der Waals surface area contributed by atoms with Crippen molar-refractivity contribution in [3.63, 3.8) is 0 Å². The molecule has 1 heterocycles. The van der Waals surface area contributed by atoms with Gasteiger partial charge in [0.15, 0.2) is 11.0 Å². The molecule has 0 aliphatic carbocycles. The van der Waals surface area contributed by atoms with Gasteiger partial charge < -0.3 is 4.74 Å². The molecule has 1 fully saturated rings. The van der Waals surface area contributed by atoms with Crippen LogP contribution in [0.2, 0.25) is 0 Å². The fourth-order valence-electron chi connectivity index (χ4n) is 2.65. The average Bonchev–Trinajstić information content (AvgIpc) is 2.92. The standard InChI is InChI=1S/C21H20F2N2O2S/c1-4-25-20(26)19(11-14-6-5-7-16(10-14)27-13(2)3)28-21(25)24-18-9-8-15(22)12-17(18)23/h5-13H,4H2,1-3H3/b19-11+,24-21?. The van der Waals surface area contributed by atoms with Crippen LogP contribution in [0.15, 0.2) is 52.4 Å². The number of carbonyl (C=O) groups excluding carboxylic acids is 1. The van der Waals surface area contributed by atoms with Crippen molar-refractivity contribution >= 4 is 34.6 Å². The van der Waals surface area contributed by atoms with Crippen molar-refractivity contribution in [2.24, 2.45) is 4.99 Å². The fraction of sp³-hybridized carbons (Fsp3) is 0.238. The zero-order valence-corrected chi connectivity index (χ0v) is 16.6. The van der Waals surface area contributed by atoms with Crippen molar-refractivity contribution in [1.82, 2.24) is 4.90 Å². The van der Waals surface area contributed by atoms with Gasteiger partial charge in [-0.15, -0.1) is 0 Å². The normalized spacial score (nSPS) is 17.2. The van der Waals surface area contributed by atoms with E-state index >= 15 is 0 Å². The Morgan fingerprint density at radius 1 is 1.21 bits per heavy atom. The second-order valence-corrected chi connectivity index (χ2v) is 7.40. The summed E-state index contributed by atoms with van der Waals surface area (Å²) in [4.78, 5) is 18.9. The minimum Gasteiger partial charge on any atom is -0.491 e. The molecule has 0 radical (unpaired) electrons. The van der Waals surface area contributed by atoms with Crippen molar-refractivity contribution in [2.45, 2.75) is 26.9 Å². The summed E-state index contributed by atoms with van der Waals surface area (Å²) in [6.07, 6.45) is 1.80. The Bertz CT molecular complexity index is 957. The predicted octanol–water partition coefficient (Wildman–Crippen LogP) is 5.38. The lowest BCUT2D eigenvalue weighted by molar-refractivity contribution is -0.122. The van der Waals surface area contributed by atoms with Crippen LogP contribution < -0.4 is 4.74 Å². The fourth-order valence-corrected chi connectivity index (χ4v) is 3.70. The topological polar surface area (TPSA) is 41.9 Å². The van der Waals surface area contributed by atoms with Crippen molar-refractivity contribution < 1.29 is 18.3 Å². The third-order valence-electron chi connectivity index (χ3n) is 3.86. The van der Waals surface area contributed by atoms with E-state index in [2.05, 4.69) is 4.99 Å². The molecular weight excluding hydrogens is 382 g/mol. The molecule has 7 heteroatoms. The van der Waals surface area contributed by atoms with Gasteiger partial charge in [0, 0.05) is 12.6 Å². The number of ether oxygens (including phenoxy) is 1. The van der Waals surface area contributed by atoms with Crippen LogP contribution in [0.1, 0.15) is 26.3 Å². The lowest BCUT2D eigenvalue weighted by Crippen LogP contribution is -2.28. The molecule has 0 bridgehead atoms. The molecule has 1 amide bonds. The van der Waals surface area contributed by atoms with Gasteiger partial charge in [0.2, 0.25) is 0 Å². The molecule has 0 atom stereocenters. The number of amides is 1. The number of thioether (sulfide) groups is 1. The Labute approximate surface area is 166 Å². The van der Waals surface area contributed by atoms with Gasteiger partial charge in [-0.05, 0) is 68.4 Å². The molecule has 146 valence electrons. The van der Waals surface area contributed by atoms with E-state index in [-0.39, 0.29) is 17.7 Å². The van der Waals surface area contributed by atoms with Gasteiger partial charge in [-0.2, -0.15) is 0 Å². The largest absolute Gasteiger partial charge is 0.491 e. The lowest BCUT2D eigenvalue weighted by Gasteiger charge is -2.12. The molecule has 1 aliphatic heterocycles. The smallest absolute Gasteiger partial charge is 0.266 e. The van der Waals surface area contributed by atoms with E-state index in [4.69, 9.17) is 4.74 Å². The molecule has 2 aromatic rings. The van der Waals surface area contributed by atoms with E-state index < -0.39 is 11.6 Å². The predicted molar refractivity (Wildman–Crippen MR) is 109 cm³/mol. The van der Waals surface area contributed by atoms with E-state index in [1.165, 1.54) is 11.0 Å². The quantitative estimate of drug-likeness (QED) is 0.631.